The maximum atomic E-state index is 11.5. The molecule has 0 fully saturated rings. The predicted molar refractivity (Wildman–Crippen MR) is 107 cm³/mol. The second-order valence-corrected chi connectivity index (χ2v) is 6.67. The number of hydrogen-bond acceptors (Lipinski definition) is 3. The van der Waals surface area contributed by atoms with Gasteiger partial charge in [-0.3, -0.25) is 4.79 Å². The standard InChI is InChI=1S/C20H18INO3/c1-2-24-18-11-15(20(22)23)10-17(21)19(18)25-12-14-8-5-7-13-6-3-4-9-16(13)14/h3-11H,2,12H2,1H3,(H2,22,23). The highest BCUT2D eigenvalue weighted by Gasteiger charge is 2.15. The van der Waals surface area contributed by atoms with Crippen molar-refractivity contribution in [2.45, 2.75) is 13.5 Å². The molecular weight excluding hydrogens is 429 g/mol. The normalized spacial score (nSPS) is 10.6. The molecule has 2 N–H and O–H groups in total. The third-order valence-electron chi connectivity index (χ3n) is 3.85. The molecule has 0 radical (unpaired) electrons. The lowest BCUT2D eigenvalue weighted by Crippen LogP contribution is -2.12. The lowest BCUT2D eigenvalue weighted by Gasteiger charge is -2.15. The number of carbonyl (C=O) groups is 1. The van der Waals surface area contributed by atoms with E-state index in [9.17, 15) is 4.79 Å². The van der Waals surface area contributed by atoms with Crippen LogP contribution in [0.5, 0.6) is 11.5 Å². The van der Waals surface area contributed by atoms with E-state index < -0.39 is 5.91 Å². The second kappa shape index (κ2) is 7.74. The van der Waals surface area contributed by atoms with Crippen LogP contribution in [-0.4, -0.2) is 12.5 Å². The van der Waals surface area contributed by atoms with Gasteiger partial charge in [-0.2, -0.15) is 0 Å². The first-order valence-corrected chi connectivity index (χ1v) is 9.03. The van der Waals surface area contributed by atoms with Gasteiger partial charge in [0, 0.05) is 5.56 Å². The summed E-state index contributed by atoms with van der Waals surface area (Å²) in [5.74, 6) is 0.670. The van der Waals surface area contributed by atoms with Crippen LogP contribution in [0.25, 0.3) is 10.8 Å². The summed E-state index contributed by atoms with van der Waals surface area (Å²) in [6.07, 6.45) is 0. The van der Waals surface area contributed by atoms with Crippen molar-refractivity contribution in [1.82, 2.24) is 0 Å². The van der Waals surface area contributed by atoms with Crippen LogP contribution in [0.15, 0.2) is 54.6 Å². The van der Waals surface area contributed by atoms with Crippen LogP contribution in [0, 0.1) is 3.57 Å². The van der Waals surface area contributed by atoms with Crippen LogP contribution in [0.3, 0.4) is 0 Å². The minimum atomic E-state index is -0.487. The number of halogens is 1. The summed E-state index contributed by atoms with van der Waals surface area (Å²) >= 11 is 2.13. The minimum Gasteiger partial charge on any atom is -0.490 e. The van der Waals surface area contributed by atoms with Gasteiger partial charge in [-0.05, 0) is 58.0 Å². The van der Waals surface area contributed by atoms with E-state index >= 15 is 0 Å². The zero-order chi connectivity index (χ0) is 17.8. The summed E-state index contributed by atoms with van der Waals surface area (Å²) in [6.45, 7) is 2.77. The van der Waals surface area contributed by atoms with Crippen molar-refractivity contribution in [2.24, 2.45) is 5.73 Å². The fourth-order valence-corrected chi connectivity index (χ4v) is 3.44. The van der Waals surface area contributed by atoms with Crippen molar-refractivity contribution in [3.63, 3.8) is 0 Å². The smallest absolute Gasteiger partial charge is 0.248 e. The molecule has 0 bridgehead atoms. The number of hydrogen-bond donors (Lipinski definition) is 1. The Balaban J connectivity index is 1.93. The Morgan fingerprint density at radius 3 is 2.60 bits per heavy atom. The van der Waals surface area contributed by atoms with Crippen LogP contribution in [0.1, 0.15) is 22.8 Å². The second-order valence-electron chi connectivity index (χ2n) is 5.51. The Bertz CT molecular complexity index is 919. The van der Waals surface area contributed by atoms with Crippen molar-refractivity contribution < 1.29 is 14.3 Å². The largest absolute Gasteiger partial charge is 0.490 e. The Morgan fingerprint density at radius 2 is 1.84 bits per heavy atom. The molecule has 0 aliphatic rings. The van der Waals surface area contributed by atoms with Gasteiger partial charge in [-0.15, -0.1) is 0 Å². The van der Waals surface area contributed by atoms with Crippen LogP contribution in [-0.2, 0) is 6.61 Å². The number of benzene rings is 3. The lowest BCUT2D eigenvalue weighted by atomic mass is 10.1. The topological polar surface area (TPSA) is 61.5 Å². The Labute approximate surface area is 160 Å². The quantitative estimate of drug-likeness (QED) is 0.566. The van der Waals surface area contributed by atoms with E-state index in [1.165, 1.54) is 5.39 Å². The summed E-state index contributed by atoms with van der Waals surface area (Å²) in [6, 6.07) is 17.7. The van der Waals surface area contributed by atoms with E-state index in [-0.39, 0.29) is 0 Å². The molecule has 0 unspecified atom stereocenters. The molecule has 0 saturated heterocycles. The molecule has 0 aliphatic heterocycles. The molecule has 3 aromatic carbocycles. The molecule has 25 heavy (non-hydrogen) atoms. The van der Waals surface area contributed by atoms with Crippen molar-refractivity contribution in [3.8, 4) is 11.5 Å². The Kier molecular flexibility index (Phi) is 5.43. The molecule has 128 valence electrons. The van der Waals surface area contributed by atoms with Gasteiger partial charge in [0.2, 0.25) is 5.91 Å². The summed E-state index contributed by atoms with van der Waals surface area (Å²) in [7, 11) is 0. The van der Waals surface area contributed by atoms with E-state index in [0.29, 0.717) is 30.3 Å². The molecule has 1 amide bonds. The molecule has 0 heterocycles. The summed E-state index contributed by atoms with van der Waals surface area (Å²) < 4.78 is 12.5. The summed E-state index contributed by atoms with van der Waals surface area (Å²) in [5.41, 5.74) is 6.89. The zero-order valence-electron chi connectivity index (χ0n) is 13.8. The molecule has 3 aromatic rings. The number of nitrogens with two attached hydrogens (primary N) is 1. The minimum absolute atomic E-state index is 0.408. The summed E-state index contributed by atoms with van der Waals surface area (Å²) in [4.78, 5) is 11.5. The molecule has 0 spiro atoms. The van der Waals surface area contributed by atoms with E-state index in [4.69, 9.17) is 15.2 Å². The highest BCUT2D eigenvalue weighted by molar-refractivity contribution is 14.1. The monoisotopic (exact) mass is 447 g/mol. The molecule has 0 aliphatic carbocycles. The Hall–Kier alpha value is -2.28. The molecule has 5 heteroatoms. The van der Waals surface area contributed by atoms with Crippen molar-refractivity contribution in [2.75, 3.05) is 6.61 Å². The fourth-order valence-electron chi connectivity index (χ4n) is 2.68. The summed E-state index contributed by atoms with van der Waals surface area (Å²) in [5, 5.41) is 2.33. The molecule has 0 saturated carbocycles. The van der Waals surface area contributed by atoms with Crippen molar-refractivity contribution in [1.29, 1.82) is 0 Å². The lowest BCUT2D eigenvalue weighted by molar-refractivity contribution is 0.0999. The first-order valence-electron chi connectivity index (χ1n) is 7.95. The number of fused-ring (bicyclic) bond motifs is 1. The van der Waals surface area contributed by atoms with Crippen LogP contribution in [0.4, 0.5) is 0 Å². The van der Waals surface area contributed by atoms with E-state index in [2.05, 4.69) is 40.8 Å². The molecule has 0 atom stereocenters. The van der Waals surface area contributed by atoms with Gasteiger partial charge in [0.05, 0.1) is 10.2 Å². The molecule has 4 nitrogen and oxygen atoms in total. The number of amides is 1. The van der Waals surface area contributed by atoms with Crippen LogP contribution in [0.2, 0.25) is 0 Å². The average molecular weight is 447 g/mol. The van der Waals surface area contributed by atoms with Gasteiger partial charge >= 0.3 is 0 Å². The van der Waals surface area contributed by atoms with Gasteiger partial charge in [0.1, 0.15) is 6.61 Å². The number of carbonyl (C=O) groups excluding carboxylic acids is 1. The van der Waals surface area contributed by atoms with Crippen molar-refractivity contribution >= 4 is 39.3 Å². The third-order valence-corrected chi connectivity index (χ3v) is 4.65. The SMILES string of the molecule is CCOc1cc(C(N)=O)cc(I)c1OCc1cccc2ccccc12. The first kappa shape index (κ1) is 17.5. The first-order chi connectivity index (χ1) is 12.1. The van der Waals surface area contributed by atoms with E-state index in [0.717, 1.165) is 14.5 Å². The van der Waals surface area contributed by atoms with Gasteiger partial charge in [0.25, 0.3) is 0 Å². The zero-order valence-corrected chi connectivity index (χ0v) is 15.9. The molecule has 0 aromatic heterocycles. The van der Waals surface area contributed by atoms with E-state index in [1.807, 2.05) is 31.2 Å². The van der Waals surface area contributed by atoms with Crippen molar-refractivity contribution in [3.05, 3.63) is 69.3 Å². The van der Waals surface area contributed by atoms with Gasteiger partial charge in [-0.1, -0.05) is 42.5 Å². The number of ether oxygens (including phenoxy) is 2. The van der Waals surface area contributed by atoms with Crippen LogP contribution < -0.4 is 15.2 Å². The van der Waals surface area contributed by atoms with Gasteiger partial charge in [-0.25, -0.2) is 0 Å². The number of rotatable bonds is 6. The van der Waals surface area contributed by atoms with E-state index in [1.54, 1.807) is 12.1 Å². The maximum absolute atomic E-state index is 11.5. The highest BCUT2D eigenvalue weighted by atomic mass is 127. The van der Waals surface area contributed by atoms with Gasteiger partial charge < -0.3 is 15.2 Å². The fraction of sp³-hybridized carbons (Fsp3) is 0.150. The molecular formula is C20H18INO3. The number of primary amides is 1. The Morgan fingerprint density at radius 1 is 1.08 bits per heavy atom. The molecule has 3 rings (SSSR count). The third kappa shape index (κ3) is 3.87. The van der Waals surface area contributed by atoms with Gasteiger partial charge in [0.15, 0.2) is 11.5 Å². The van der Waals surface area contributed by atoms with Crippen LogP contribution >= 0.6 is 22.6 Å². The maximum Gasteiger partial charge on any atom is 0.248 e. The average Bonchev–Trinajstić information content (AvgIpc) is 2.61. The predicted octanol–water partition coefficient (Wildman–Crippen LogP) is 4.52. The highest BCUT2D eigenvalue weighted by Crippen LogP contribution is 2.35.